The summed E-state index contributed by atoms with van der Waals surface area (Å²) in [6.45, 7) is 3.75. The van der Waals surface area contributed by atoms with Crippen molar-refractivity contribution in [3.63, 3.8) is 0 Å². The SMILES string of the molecule is O=C(N1CC=C(c2cc3c(Nc4ccc5ncsc5c4)ccnc3[nH]2)CC1)C1(CN2CCC(O)C2)CC1. The van der Waals surface area contributed by atoms with E-state index in [9.17, 15) is 9.90 Å². The number of nitrogens with zero attached hydrogens (tertiary/aromatic N) is 4. The van der Waals surface area contributed by atoms with Gasteiger partial charge in [-0.25, -0.2) is 9.97 Å². The fourth-order valence-corrected chi connectivity index (χ4v) is 6.52. The van der Waals surface area contributed by atoms with Crippen molar-refractivity contribution in [1.82, 2.24) is 24.8 Å². The number of fused-ring (bicyclic) bond motifs is 2. The molecule has 1 amide bonds. The number of aliphatic hydroxyl groups excluding tert-OH is 1. The summed E-state index contributed by atoms with van der Waals surface area (Å²) in [4.78, 5) is 30.1. The van der Waals surface area contributed by atoms with Crippen LogP contribution in [0.2, 0.25) is 0 Å². The highest BCUT2D eigenvalue weighted by atomic mass is 32.1. The average Bonchev–Trinajstić information content (AvgIpc) is 3.24. The third-order valence-corrected chi connectivity index (χ3v) is 8.86. The predicted molar refractivity (Wildman–Crippen MR) is 147 cm³/mol. The largest absolute Gasteiger partial charge is 0.392 e. The molecule has 0 bridgehead atoms. The molecule has 1 aliphatic carbocycles. The lowest BCUT2D eigenvalue weighted by Crippen LogP contribution is -2.44. The Morgan fingerprint density at radius 3 is 2.92 bits per heavy atom. The van der Waals surface area contributed by atoms with Crippen LogP contribution in [0.3, 0.4) is 0 Å². The minimum atomic E-state index is -0.241. The summed E-state index contributed by atoms with van der Waals surface area (Å²) in [7, 11) is 0. The summed E-state index contributed by atoms with van der Waals surface area (Å²) in [6.07, 6.45) is 7.33. The van der Waals surface area contributed by atoms with E-state index >= 15 is 0 Å². The van der Waals surface area contributed by atoms with Crippen LogP contribution in [-0.2, 0) is 4.79 Å². The van der Waals surface area contributed by atoms with Crippen molar-refractivity contribution in [3.05, 3.63) is 53.8 Å². The first-order valence-electron chi connectivity index (χ1n) is 13.0. The average molecular weight is 515 g/mol. The number of H-pyrrole nitrogens is 1. The lowest BCUT2D eigenvalue weighted by molar-refractivity contribution is -0.137. The molecular formula is C28H30N6O2S. The number of pyridine rings is 1. The summed E-state index contributed by atoms with van der Waals surface area (Å²) < 4.78 is 1.16. The number of carbonyl (C=O) groups is 1. The molecule has 7 rings (SSSR count). The standard InChI is InChI=1S/C28H30N6O2S/c35-20-6-10-33(15-20)16-28(7-8-28)27(36)34-11-4-18(5-12-34)24-14-21-22(3-9-29-26(21)32-24)31-19-1-2-23-25(13-19)37-17-30-23/h1-4,9,13-14,17,20,35H,5-8,10-12,15-16H2,(H2,29,31,32). The molecule has 4 aromatic rings. The highest BCUT2D eigenvalue weighted by molar-refractivity contribution is 7.16. The van der Waals surface area contributed by atoms with E-state index in [1.807, 2.05) is 28.7 Å². The number of aromatic nitrogens is 3. The molecule has 1 atom stereocenters. The van der Waals surface area contributed by atoms with Gasteiger partial charge in [0.05, 0.1) is 32.9 Å². The smallest absolute Gasteiger partial charge is 0.230 e. The molecule has 3 N–H and O–H groups in total. The number of hydrogen-bond donors (Lipinski definition) is 3. The number of thiazole rings is 1. The third-order valence-electron chi connectivity index (χ3n) is 8.07. The zero-order chi connectivity index (χ0) is 25.0. The van der Waals surface area contributed by atoms with Crippen LogP contribution in [-0.4, -0.2) is 74.6 Å². The minimum Gasteiger partial charge on any atom is -0.392 e. The molecule has 8 nitrogen and oxygen atoms in total. The summed E-state index contributed by atoms with van der Waals surface area (Å²) in [5, 5.41) is 14.5. The molecule has 5 heterocycles. The van der Waals surface area contributed by atoms with Crippen molar-refractivity contribution < 1.29 is 9.90 Å². The normalized spacial score (nSPS) is 21.5. The Balaban J connectivity index is 1.07. The van der Waals surface area contributed by atoms with Gasteiger partial charge in [-0.3, -0.25) is 9.69 Å². The van der Waals surface area contributed by atoms with Gasteiger partial charge >= 0.3 is 0 Å². The number of nitrogens with one attached hydrogen (secondary N) is 2. The molecule has 37 heavy (non-hydrogen) atoms. The van der Waals surface area contributed by atoms with Crippen LogP contribution in [0, 0.1) is 5.41 Å². The Morgan fingerprint density at radius 1 is 1.22 bits per heavy atom. The van der Waals surface area contributed by atoms with Crippen LogP contribution in [0.5, 0.6) is 0 Å². The van der Waals surface area contributed by atoms with Gasteiger partial charge in [0, 0.05) is 55.7 Å². The van der Waals surface area contributed by atoms with Crippen molar-refractivity contribution >= 4 is 55.4 Å². The Bertz CT molecular complexity index is 1520. The maximum absolute atomic E-state index is 13.4. The second-order valence-electron chi connectivity index (χ2n) is 10.7. The first-order chi connectivity index (χ1) is 18.1. The Kier molecular flexibility index (Phi) is 5.53. The highest BCUT2D eigenvalue weighted by Crippen LogP contribution is 2.48. The zero-order valence-electron chi connectivity index (χ0n) is 20.6. The maximum Gasteiger partial charge on any atom is 0.230 e. The monoisotopic (exact) mass is 514 g/mol. The molecule has 1 saturated heterocycles. The molecular weight excluding hydrogens is 484 g/mol. The number of benzene rings is 1. The van der Waals surface area contributed by atoms with Crippen molar-refractivity contribution in [2.75, 3.05) is 38.0 Å². The molecule has 1 unspecified atom stereocenters. The van der Waals surface area contributed by atoms with Gasteiger partial charge in [-0.2, -0.15) is 0 Å². The lowest BCUT2D eigenvalue weighted by atomic mass is 10.00. The Hall–Kier alpha value is -3.27. The number of anilines is 2. The zero-order valence-corrected chi connectivity index (χ0v) is 21.4. The van der Waals surface area contributed by atoms with E-state index in [2.05, 4.69) is 49.4 Å². The Labute approximate surface area is 219 Å². The number of likely N-dealkylation sites (tertiary alicyclic amines) is 1. The van der Waals surface area contributed by atoms with E-state index in [1.54, 1.807) is 11.3 Å². The van der Waals surface area contributed by atoms with E-state index in [0.717, 1.165) is 83.6 Å². The van der Waals surface area contributed by atoms with Crippen molar-refractivity contribution in [2.45, 2.75) is 31.8 Å². The second-order valence-corrected chi connectivity index (χ2v) is 11.5. The van der Waals surface area contributed by atoms with Crippen LogP contribution in [0.15, 0.2) is 48.1 Å². The molecule has 3 aromatic heterocycles. The molecule has 0 spiro atoms. The molecule has 190 valence electrons. The molecule has 2 fully saturated rings. The summed E-state index contributed by atoms with van der Waals surface area (Å²) in [6, 6.07) is 10.4. The Morgan fingerprint density at radius 2 is 2.14 bits per heavy atom. The van der Waals surface area contributed by atoms with Crippen LogP contribution in [0.25, 0.3) is 26.8 Å². The number of carbonyl (C=O) groups excluding carboxylic acids is 1. The first-order valence-corrected chi connectivity index (χ1v) is 13.9. The summed E-state index contributed by atoms with van der Waals surface area (Å²) in [5.74, 6) is 0.284. The number of hydrogen-bond acceptors (Lipinski definition) is 7. The molecule has 9 heteroatoms. The number of aromatic amines is 1. The summed E-state index contributed by atoms with van der Waals surface area (Å²) >= 11 is 1.64. The minimum absolute atomic E-state index is 0.233. The van der Waals surface area contributed by atoms with Gasteiger partial charge in [-0.1, -0.05) is 6.08 Å². The van der Waals surface area contributed by atoms with Gasteiger partial charge in [0.2, 0.25) is 5.91 Å². The summed E-state index contributed by atoms with van der Waals surface area (Å²) in [5.41, 5.74) is 7.82. The van der Waals surface area contributed by atoms with E-state index in [0.29, 0.717) is 13.1 Å². The highest BCUT2D eigenvalue weighted by Gasteiger charge is 2.53. The number of β-amino-alcohol motifs (C(OH)–C–C–N with tert-alkyl or cyclic N) is 1. The van der Waals surface area contributed by atoms with Gasteiger partial charge in [0.25, 0.3) is 0 Å². The number of rotatable bonds is 6. The van der Waals surface area contributed by atoms with E-state index in [1.165, 1.54) is 5.57 Å². The van der Waals surface area contributed by atoms with E-state index in [4.69, 9.17) is 0 Å². The lowest BCUT2D eigenvalue weighted by Gasteiger charge is -2.31. The van der Waals surface area contributed by atoms with Gasteiger partial charge in [0.1, 0.15) is 5.65 Å². The van der Waals surface area contributed by atoms with E-state index < -0.39 is 0 Å². The molecule has 2 aliphatic heterocycles. The van der Waals surface area contributed by atoms with Gasteiger partial charge < -0.3 is 20.3 Å². The molecule has 1 saturated carbocycles. The van der Waals surface area contributed by atoms with Crippen LogP contribution < -0.4 is 5.32 Å². The van der Waals surface area contributed by atoms with Crippen LogP contribution in [0.1, 0.15) is 31.4 Å². The van der Waals surface area contributed by atoms with Crippen molar-refractivity contribution in [3.8, 4) is 0 Å². The third kappa shape index (κ3) is 4.31. The first kappa shape index (κ1) is 22.9. The molecule has 0 radical (unpaired) electrons. The van der Waals surface area contributed by atoms with Gasteiger partial charge in [-0.05, 0) is 61.6 Å². The van der Waals surface area contributed by atoms with Crippen LogP contribution in [0.4, 0.5) is 11.4 Å². The van der Waals surface area contributed by atoms with Gasteiger partial charge in [0.15, 0.2) is 0 Å². The molecule has 1 aromatic carbocycles. The topological polar surface area (TPSA) is 97.4 Å². The maximum atomic E-state index is 13.4. The van der Waals surface area contributed by atoms with Crippen molar-refractivity contribution in [1.29, 1.82) is 0 Å². The second kappa shape index (κ2) is 8.93. The van der Waals surface area contributed by atoms with Crippen molar-refractivity contribution in [2.24, 2.45) is 5.41 Å². The van der Waals surface area contributed by atoms with E-state index in [-0.39, 0.29) is 17.4 Å². The predicted octanol–water partition coefficient (Wildman–Crippen LogP) is 4.38. The fourth-order valence-electron chi connectivity index (χ4n) is 5.81. The number of aliphatic hydroxyl groups is 1. The fraction of sp³-hybridized carbons (Fsp3) is 0.393. The quantitative estimate of drug-likeness (QED) is 0.353. The molecule has 3 aliphatic rings. The van der Waals surface area contributed by atoms with Crippen LogP contribution >= 0.6 is 11.3 Å². The van der Waals surface area contributed by atoms with Gasteiger partial charge in [-0.15, -0.1) is 11.3 Å². The number of amides is 1.